The van der Waals surface area contributed by atoms with Crippen LogP contribution in [0.3, 0.4) is 0 Å². The standard InChI is InChI=1S/C16H18FNO2/c17-14-7-3-2-6-13(14)16(11-18)20-15-8-4-1-5-12(15)9-10-19/h1-8,16,19H,9-11,18H2. The van der Waals surface area contributed by atoms with E-state index in [1.807, 2.05) is 18.2 Å². The van der Waals surface area contributed by atoms with Gasteiger partial charge in [0.05, 0.1) is 0 Å². The van der Waals surface area contributed by atoms with E-state index in [4.69, 9.17) is 15.6 Å². The van der Waals surface area contributed by atoms with Crippen LogP contribution in [0.5, 0.6) is 5.75 Å². The molecule has 0 saturated heterocycles. The molecular formula is C16H18FNO2. The minimum absolute atomic E-state index is 0.0351. The molecule has 2 aromatic rings. The van der Waals surface area contributed by atoms with E-state index in [1.54, 1.807) is 24.3 Å². The van der Waals surface area contributed by atoms with Gasteiger partial charge in [-0.25, -0.2) is 4.39 Å². The third-order valence-corrected chi connectivity index (χ3v) is 3.09. The van der Waals surface area contributed by atoms with Gasteiger partial charge in [-0.2, -0.15) is 0 Å². The smallest absolute Gasteiger partial charge is 0.139 e. The quantitative estimate of drug-likeness (QED) is 0.851. The van der Waals surface area contributed by atoms with E-state index in [0.29, 0.717) is 17.7 Å². The van der Waals surface area contributed by atoms with Crippen molar-refractivity contribution in [2.45, 2.75) is 12.5 Å². The van der Waals surface area contributed by atoms with Crippen molar-refractivity contribution in [3.05, 3.63) is 65.5 Å². The topological polar surface area (TPSA) is 55.5 Å². The summed E-state index contributed by atoms with van der Waals surface area (Å²) in [5.74, 6) is 0.294. The normalized spacial score (nSPS) is 12.2. The number of hydrogen-bond acceptors (Lipinski definition) is 3. The number of nitrogens with two attached hydrogens (primary N) is 1. The van der Waals surface area contributed by atoms with Gasteiger partial charge in [0, 0.05) is 18.7 Å². The van der Waals surface area contributed by atoms with Crippen LogP contribution < -0.4 is 10.5 Å². The molecule has 3 N–H and O–H groups in total. The van der Waals surface area contributed by atoms with E-state index < -0.39 is 6.10 Å². The maximum Gasteiger partial charge on any atom is 0.139 e. The van der Waals surface area contributed by atoms with Gasteiger partial charge in [-0.05, 0) is 24.1 Å². The summed E-state index contributed by atoms with van der Waals surface area (Å²) in [6, 6.07) is 13.8. The molecule has 4 heteroatoms. The minimum Gasteiger partial charge on any atom is -0.484 e. The Morgan fingerprint density at radius 3 is 2.50 bits per heavy atom. The summed E-state index contributed by atoms with van der Waals surface area (Å²) in [5.41, 5.74) is 7.02. The van der Waals surface area contributed by atoms with Crippen molar-refractivity contribution in [1.29, 1.82) is 0 Å². The molecule has 0 fully saturated rings. The molecule has 0 radical (unpaired) electrons. The lowest BCUT2D eigenvalue weighted by Gasteiger charge is -2.20. The molecular weight excluding hydrogens is 257 g/mol. The van der Waals surface area contributed by atoms with Crippen LogP contribution in [0, 0.1) is 5.82 Å². The number of benzene rings is 2. The van der Waals surface area contributed by atoms with Crippen molar-refractivity contribution in [1.82, 2.24) is 0 Å². The number of aliphatic hydroxyl groups is 1. The van der Waals surface area contributed by atoms with Crippen LogP contribution in [0.1, 0.15) is 17.2 Å². The number of rotatable bonds is 6. The zero-order valence-electron chi connectivity index (χ0n) is 11.1. The molecule has 0 aliphatic heterocycles. The van der Waals surface area contributed by atoms with Crippen molar-refractivity contribution in [2.75, 3.05) is 13.2 Å². The Morgan fingerprint density at radius 1 is 1.10 bits per heavy atom. The molecule has 0 heterocycles. The Labute approximate surface area is 117 Å². The maximum absolute atomic E-state index is 13.8. The summed E-state index contributed by atoms with van der Waals surface area (Å²) in [6.45, 7) is 0.210. The van der Waals surface area contributed by atoms with Crippen molar-refractivity contribution < 1.29 is 14.2 Å². The molecule has 0 amide bonds. The van der Waals surface area contributed by atoms with E-state index in [1.165, 1.54) is 6.07 Å². The highest BCUT2D eigenvalue weighted by Crippen LogP contribution is 2.26. The highest BCUT2D eigenvalue weighted by Gasteiger charge is 2.16. The van der Waals surface area contributed by atoms with Crippen LogP contribution in [0.15, 0.2) is 48.5 Å². The van der Waals surface area contributed by atoms with Crippen molar-refractivity contribution >= 4 is 0 Å². The van der Waals surface area contributed by atoms with Gasteiger partial charge in [-0.3, -0.25) is 0 Å². The van der Waals surface area contributed by atoms with Crippen LogP contribution in [0.25, 0.3) is 0 Å². The molecule has 106 valence electrons. The third kappa shape index (κ3) is 3.35. The predicted octanol–water partition coefficient (Wildman–Crippen LogP) is 2.44. The first-order valence-corrected chi connectivity index (χ1v) is 6.56. The molecule has 2 aromatic carbocycles. The summed E-state index contributed by atoms with van der Waals surface area (Å²) >= 11 is 0. The number of halogens is 1. The lowest BCUT2D eigenvalue weighted by molar-refractivity contribution is 0.205. The summed E-state index contributed by atoms with van der Waals surface area (Å²) in [6.07, 6.45) is -0.0545. The van der Waals surface area contributed by atoms with Gasteiger partial charge in [-0.1, -0.05) is 36.4 Å². The fourth-order valence-electron chi connectivity index (χ4n) is 2.07. The lowest BCUT2D eigenvalue weighted by Crippen LogP contribution is -2.20. The van der Waals surface area contributed by atoms with Crippen LogP contribution in [0.4, 0.5) is 4.39 Å². The Hall–Kier alpha value is -1.91. The Morgan fingerprint density at radius 2 is 1.80 bits per heavy atom. The van der Waals surface area contributed by atoms with E-state index in [-0.39, 0.29) is 19.0 Å². The molecule has 0 aliphatic rings. The average molecular weight is 275 g/mol. The molecule has 0 spiro atoms. The number of aliphatic hydroxyl groups excluding tert-OH is 1. The SMILES string of the molecule is NCC(Oc1ccccc1CCO)c1ccccc1F. The molecule has 20 heavy (non-hydrogen) atoms. The van der Waals surface area contributed by atoms with Crippen LogP contribution in [0.2, 0.25) is 0 Å². The molecule has 3 nitrogen and oxygen atoms in total. The van der Waals surface area contributed by atoms with Gasteiger partial charge >= 0.3 is 0 Å². The number of hydrogen-bond donors (Lipinski definition) is 2. The van der Waals surface area contributed by atoms with E-state index in [2.05, 4.69) is 0 Å². The molecule has 1 atom stereocenters. The van der Waals surface area contributed by atoms with Gasteiger partial charge in [0.15, 0.2) is 0 Å². The second kappa shape index (κ2) is 7.03. The fourth-order valence-corrected chi connectivity index (χ4v) is 2.07. The number of para-hydroxylation sites is 1. The Bertz CT molecular complexity index is 560. The van der Waals surface area contributed by atoms with E-state index in [0.717, 1.165) is 5.56 Å². The average Bonchev–Trinajstić information content (AvgIpc) is 2.47. The lowest BCUT2D eigenvalue weighted by atomic mass is 10.1. The minimum atomic E-state index is -0.545. The second-order valence-corrected chi connectivity index (χ2v) is 4.45. The largest absolute Gasteiger partial charge is 0.484 e. The molecule has 1 unspecified atom stereocenters. The van der Waals surface area contributed by atoms with Gasteiger partial charge in [0.2, 0.25) is 0 Å². The molecule has 0 saturated carbocycles. The third-order valence-electron chi connectivity index (χ3n) is 3.09. The summed E-state index contributed by atoms with van der Waals surface area (Å²) in [5, 5.41) is 9.06. The van der Waals surface area contributed by atoms with Gasteiger partial charge in [-0.15, -0.1) is 0 Å². The van der Waals surface area contributed by atoms with Crippen molar-refractivity contribution in [3.8, 4) is 5.75 Å². The predicted molar refractivity (Wildman–Crippen MR) is 76.1 cm³/mol. The molecule has 0 bridgehead atoms. The Kier molecular flexibility index (Phi) is 5.09. The van der Waals surface area contributed by atoms with Crippen molar-refractivity contribution in [3.63, 3.8) is 0 Å². The second-order valence-electron chi connectivity index (χ2n) is 4.45. The van der Waals surface area contributed by atoms with Gasteiger partial charge < -0.3 is 15.6 Å². The number of ether oxygens (including phenoxy) is 1. The van der Waals surface area contributed by atoms with E-state index in [9.17, 15) is 4.39 Å². The molecule has 2 rings (SSSR count). The zero-order chi connectivity index (χ0) is 14.4. The highest BCUT2D eigenvalue weighted by atomic mass is 19.1. The van der Waals surface area contributed by atoms with Crippen LogP contribution >= 0.6 is 0 Å². The van der Waals surface area contributed by atoms with Gasteiger partial charge in [0.25, 0.3) is 0 Å². The first-order chi connectivity index (χ1) is 9.76. The summed E-state index contributed by atoms with van der Waals surface area (Å²) in [7, 11) is 0. The first-order valence-electron chi connectivity index (χ1n) is 6.56. The Balaban J connectivity index is 2.25. The molecule has 0 aromatic heterocycles. The maximum atomic E-state index is 13.8. The summed E-state index contributed by atoms with van der Waals surface area (Å²) < 4.78 is 19.6. The highest BCUT2D eigenvalue weighted by molar-refractivity contribution is 5.34. The van der Waals surface area contributed by atoms with Crippen LogP contribution in [-0.2, 0) is 6.42 Å². The summed E-state index contributed by atoms with van der Waals surface area (Å²) in [4.78, 5) is 0. The monoisotopic (exact) mass is 275 g/mol. The fraction of sp³-hybridized carbons (Fsp3) is 0.250. The van der Waals surface area contributed by atoms with E-state index >= 15 is 0 Å². The van der Waals surface area contributed by atoms with Crippen molar-refractivity contribution in [2.24, 2.45) is 5.73 Å². The zero-order valence-corrected chi connectivity index (χ0v) is 11.1. The van der Waals surface area contributed by atoms with Crippen LogP contribution in [-0.4, -0.2) is 18.3 Å². The van der Waals surface area contributed by atoms with Gasteiger partial charge in [0.1, 0.15) is 17.7 Å². The first kappa shape index (κ1) is 14.5. The molecule has 0 aliphatic carbocycles.